The van der Waals surface area contributed by atoms with E-state index in [0.717, 1.165) is 12.8 Å². The van der Waals surface area contributed by atoms with Gasteiger partial charge in [0, 0.05) is 19.8 Å². The summed E-state index contributed by atoms with van der Waals surface area (Å²) in [5.74, 6) is -1.03. The molecule has 1 saturated heterocycles. The van der Waals surface area contributed by atoms with Crippen LogP contribution in [0.3, 0.4) is 0 Å². The second-order valence-electron chi connectivity index (χ2n) is 3.68. The number of aromatic nitrogens is 3. The number of aromatic carboxylic acids is 1. The van der Waals surface area contributed by atoms with E-state index < -0.39 is 5.97 Å². The van der Waals surface area contributed by atoms with Gasteiger partial charge in [-0.15, -0.1) is 5.10 Å². The Labute approximate surface area is 92.2 Å². The van der Waals surface area contributed by atoms with Crippen LogP contribution in [0.1, 0.15) is 35.1 Å². The first-order valence-corrected chi connectivity index (χ1v) is 5.19. The summed E-state index contributed by atoms with van der Waals surface area (Å²) in [6.07, 6.45) is 1.52. The number of ether oxygens (including phenoxy) is 1. The standard InChI is InChI=1S/C9H14N4O3/c10-5-7-8(9(14)15)13(12-11-7)6-1-3-16-4-2-6/h6H,1-5,10H2,(H,14,15). The summed E-state index contributed by atoms with van der Waals surface area (Å²) < 4.78 is 6.69. The Morgan fingerprint density at radius 3 is 2.81 bits per heavy atom. The Kier molecular flexibility index (Phi) is 3.16. The minimum absolute atomic E-state index is 0.0487. The highest BCUT2D eigenvalue weighted by atomic mass is 16.5. The van der Waals surface area contributed by atoms with E-state index in [4.69, 9.17) is 15.6 Å². The van der Waals surface area contributed by atoms with Crippen molar-refractivity contribution >= 4 is 5.97 Å². The summed E-state index contributed by atoms with van der Waals surface area (Å²) in [4.78, 5) is 11.1. The quantitative estimate of drug-likeness (QED) is 0.739. The van der Waals surface area contributed by atoms with Crippen molar-refractivity contribution in [1.29, 1.82) is 0 Å². The predicted molar refractivity (Wildman–Crippen MR) is 54.0 cm³/mol. The first-order valence-electron chi connectivity index (χ1n) is 5.19. The molecule has 0 radical (unpaired) electrons. The second kappa shape index (κ2) is 4.58. The highest BCUT2D eigenvalue weighted by Gasteiger charge is 2.25. The predicted octanol–water partition coefficient (Wildman–Crippen LogP) is -0.214. The highest BCUT2D eigenvalue weighted by molar-refractivity contribution is 5.86. The molecule has 1 aromatic rings. The van der Waals surface area contributed by atoms with Crippen molar-refractivity contribution in [2.24, 2.45) is 5.73 Å². The molecule has 1 aromatic heterocycles. The molecular weight excluding hydrogens is 212 g/mol. The number of hydrogen-bond acceptors (Lipinski definition) is 5. The normalized spacial score (nSPS) is 17.6. The summed E-state index contributed by atoms with van der Waals surface area (Å²) in [6.45, 7) is 1.34. The number of carboxylic acid groups (broad SMARTS) is 1. The molecule has 7 nitrogen and oxygen atoms in total. The van der Waals surface area contributed by atoms with Gasteiger partial charge in [-0.05, 0) is 12.8 Å². The third-order valence-corrected chi connectivity index (χ3v) is 2.70. The van der Waals surface area contributed by atoms with E-state index in [2.05, 4.69) is 10.3 Å². The van der Waals surface area contributed by atoms with Crippen molar-refractivity contribution in [3.8, 4) is 0 Å². The van der Waals surface area contributed by atoms with Gasteiger partial charge in [0.25, 0.3) is 0 Å². The fourth-order valence-corrected chi connectivity index (χ4v) is 1.87. The molecular formula is C9H14N4O3. The van der Waals surface area contributed by atoms with Crippen LogP contribution < -0.4 is 5.73 Å². The maximum atomic E-state index is 11.1. The number of hydrogen-bond donors (Lipinski definition) is 2. The first kappa shape index (κ1) is 11.0. The van der Waals surface area contributed by atoms with Gasteiger partial charge in [-0.3, -0.25) is 0 Å². The summed E-state index contributed by atoms with van der Waals surface area (Å²) in [5, 5.41) is 16.8. The van der Waals surface area contributed by atoms with Gasteiger partial charge in [0.05, 0.1) is 6.04 Å². The van der Waals surface area contributed by atoms with Gasteiger partial charge in [-0.1, -0.05) is 5.21 Å². The molecule has 0 aliphatic carbocycles. The SMILES string of the molecule is NCc1nnn(C2CCOCC2)c1C(=O)O. The van der Waals surface area contributed by atoms with Crippen LogP contribution in [0.15, 0.2) is 0 Å². The maximum Gasteiger partial charge on any atom is 0.356 e. The lowest BCUT2D eigenvalue weighted by atomic mass is 10.1. The Bertz CT molecular complexity index is 384. The molecule has 1 fully saturated rings. The lowest BCUT2D eigenvalue weighted by Crippen LogP contribution is -2.24. The van der Waals surface area contributed by atoms with Crippen molar-refractivity contribution in [3.63, 3.8) is 0 Å². The summed E-state index contributed by atoms with van der Waals surface area (Å²) in [6, 6.07) is 0.0487. The molecule has 0 saturated carbocycles. The van der Waals surface area contributed by atoms with Gasteiger partial charge in [0.15, 0.2) is 5.69 Å². The van der Waals surface area contributed by atoms with Gasteiger partial charge >= 0.3 is 5.97 Å². The molecule has 3 N–H and O–H groups in total. The largest absolute Gasteiger partial charge is 0.476 e. The van der Waals surface area contributed by atoms with Crippen molar-refractivity contribution in [1.82, 2.24) is 15.0 Å². The van der Waals surface area contributed by atoms with Crippen LogP contribution in [0.25, 0.3) is 0 Å². The number of nitrogens with two attached hydrogens (primary N) is 1. The molecule has 88 valence electrons. The van der Waals surface area contributed by atoms with E-state index in [0.29, 0.717) is 18.9 Å². The molecule has 7 heteroatoms. The number of carboxylic acids is 1. The molecule has 2 heterocycles. The van der Waals surface area contributed by atoms with Crippen LogP contribution >= 0.6 is 0 Å². The maximum absolute atomic E-state index is 11.1. The average molecular weight is 226 g/mol. The highest BCUT2D eigenvalue weighted by Crippen LogP contribution is 2.22. The molecule has 16 heavy (non-hydrogen) atoms. The minimum Gasteiger partial charge on any atom is -0.476 e. The van der Waals surface area contributed by atoms with E-state index >= 15 is 0 Å². The van der Waals surface area contributed by atoms with Crippen LogP contribution in [-0.2, 0) is 11.3 Å². The fourth-order valence-electron chi connectivity index (χ4n) is 1.87. The molecule has 0 unspecified atom stereocenters. The minimum atomic E-state index is -1.03. The Balaban J connectivity index is 2.32. The zero-order valence-corrected chi connectivity index (χ0v) is 8.80. The topological polar surface area (TPSA) is 103 Å². The molecule has 0 bridgehead atoms. The summed E-state index contributed by atoms with van der Waals surface area (Å²) in [5.41, 5.74) is 5.87. The van der Waals surface area contributed by atoms with Crippen molar-refractivity contribution in [2.45, 2.75) is 25.4 Å². The zero-order chi connectivity index (χ0) is 11.5. The molecule has 0 spiro atoms. The van der Waals surface area contributed by atoms with Crippen LogP contribution in [0.5, 0.6) is 0 Å². The molecule has 0 atom stereocenters. The van der Waals surface area contributed by atoms with Crippen LogP contribution in [-0.4, -0.2) is 39.3 Å². The van der Waals surface area contributed by atoms with Crippen molar-refractivity contribution < 1.29 is 14.6 Å². The summed E-state index contributed by atoms with van der Waals surface area (Å²) >= 11 is 0. The van der Waals surface area contributed by atoms with Gasteiger partial charge in [-0.2, -0.15) is 0 Å². The third kappa shape index (κ3) is 1.91. The second-order valence-corrected chi connectivity index (χ2v) is 3.68. The van der Waals surface area contributed by atoms with E-state index in [1.807, 2.05) is 0 Å². The molecule has 1 aliphatic heterocycles. The lowest BCUT2D eigenvalue weighted by molar-refractivity contribution is 0.0579. The third-order valence-electron chi connectivity index (χ3n) is 2.70. The van der Waals surface area contributed by atoms with E-state index in [1.54, 1.807) is 0 Å². The van der Waals surface area contributed by atoms with Gasteiger partial charge in [-0.25, -0.2) is 9.48 Å². The van der Waals surface area contributed by atoms with Crippen LogP contribution in [0, 0.1) is 0 Å². The lowest BCUT2D eigenvalue weighted by Gasteiger charge is -2.22. The summed E-state index contributed by atoms with van der Waals surface area (Å²) in [7, 11) is 0. The smallest absolute Gasteiger partial charge is 0.356 e. The van der Waals surface area contributed by atoms with E-state index in [-0.39, 0.29) is 18.3 Å². The average Bonchev–Trinajstić information content (AvgIpc) is 2.73. The van der Waals surface area contributed by atoms with Crippen LogP contribution in [0.2, 0.25) is 0 Å². The molecule has 0 aromatic carbocycles. The first-order chi connectivity index (χ1) is 7.74. The van der Waals surface area contributed by atoms with Gasteiger partial charge < -0.3 is 15.6 Å². The number of nitrogens with zero attached hydrogens (tertiary/aromatic N) is 3. The van der Waals surface area contributed by atoms with Crippen molar-refractivity contribution in [2.75, 3.05) is 13.2 Å². The monoisotopic (exact) mass is 226 g/mol. The Morgan fingerprint density at radius 1 is 1.56 bits per heavy atom. The fraction of sp³-hybridized carbons (Fsp3) is 0.667. The van der Waals surface area contributed by atoms with Gasteiger partial charge in [0.1, 0.15) is 5.69 Å². The van der Waals surface area contributed by atoms with Crippen molar-refractivity contribution in [3.05, 3.63) is 11.4 Å². The Morgan fingerprint density at radius 2 is 2.25 bits per heavy atom. The van der Waals surface area contributed by atoms with Crippen LogP contribution in [0.4, 0.5) is 0 Å². The van der Waals surface area contributed by atoms with E-state index in [9.17, 15) is 4.79 Å². The number of carbonyl (C=O) groups is 1. The zero-order valence-electron chi connectivity index (χ0n) is 8.80. The number of rotatable bonds is 3. The molecule has 1 aliphatic rings. The van der Waals surface area contributed by atoms with Gasteiger partial charge in [0.2, 0.25) is 0 Å². The van der Waals surface area contributed by atoms with E-state index in [1.165, 1.54) is 4.68 Å². The Hall–Kier alpha value is -1.47. The molecule has 2 rings (SSSR count). The molecule has 0 amide bonds.